The molecule has 1 unspecified atom stereocenters. The summed E-state index contributed by atoms with van der Waals surface area (Å²) in [4.78, 5) is 0. The Hall–Kier alpha value is -1.43. The van der Waals surface area contributed by atoms with E-state index in [9.17, 15) is 13.2 Å². The lowest BCUT2D eigenvalue weighted by Gasteiger charge is -2.26. The zero-order valence-corrected chi connectivity index (χ0v) is 12.2. The second-order valence-electron chi connectivity index (χ2n) is 5.18. The van der Waals surface area contributed by atoms with Crippen LogP contribution in [-0.2, 0) is 12.6 Å². The van der Waals surface area contributed by atoms with E-state index in [4.69, 9.17) is 9.47 Å². The number of alkyl halides is 3. The van der Waals surface area contributed by atoms with Crippen LogP contribution >= 0.6 is 0 Å². The van der Waals surface area contributed by atoms with Crippen molar-refractivity contribution >= 4 is 0 Å². The Labute approximate surface area is 122 Å². The molecule has 1 aromatic carbocycles. The molecular formula is C15H20F3NO2. The summed E-state index contributed by atoms with van der Waals surface area (Å²) in [6, 6.07) is 2.42. The summed E-state index contributed by atoms with van der Waals surface area (Å²) in [5, 5.41) is 3.27. The van der Waals surface area contributed by atoms with Gasteiger partial charge < -0.3 is 14.8 Å². The third-order valence-corrected chi connectivity index (χ3v) is 3.82. The van der Waals surface area contributed by atoms with Crippen molar-refractivity contribution in [3.05, 3.63) is 23.3 Å². The average Bonchev–Trinajstić information content (AvgIpc) is 2.46. The first kappa shape index (κ1) is 15.9. The summed E-state index contributed by atoms with van der Waals surface area (Å²) < 4.78 is 50.0. The number of piperidine rings is 1. The van der Waals surface area contributed by atoms with E-state index in [0.29, 0.717) is 5.75 Å². The second-order valence-corrected chi connectivity index (χ2v) is 5.18. The number of halogens is 3. The fourth-order valence-electron chi connectivity index (χ4n) is 2.80. The number of hydrogen-bond acceptors (Lipinski definition) is 3. The smallest absolute Gasteiger partial charge is 0.416 e. The summed E-state index contributed by atoms with van der Waals surface area (Å²) in [7, 11) is 2.80. The Morgan fingerprint density at radius 1 is 1.19 bits per heavy atom. The van der Waals surface area contributed by atoms with Crippen molar-refractivity contribution in [2.24, 2.45) is 0 Å². The molecule has 3 nitrogen and oxygen atoms in total. The zero-order valence-electron chi connectivity index (χ0n) is 12.2. The quantitative estimate of drug-likeness (QED) is 0.924. The van der Waals surface area contributed by atoms with Crippen molar-refractivity contribution in [1.29, 1.82) is 0 Å². The van der Waals surface area contributed by atoms with Gasteiger partial charge in [-0.3, -0.25) is 0 Å². The van der Waals surface area contributed by atoms with Gasteiger partial charge in [-0.2, -0.15) is 13.2 Å². The van der Waals surface area contributed by atoms with Crippen molar-refractivity contribution in [2.75, 3.05) is 20.8 Å². The molecule has 1 atom stereocenters. The minimum Gasteiger partial charge on any atom is -0.493 e. The van der Waals surface area contributed by atoms with Crippen LogP contribution in [0.1, 0.15) is 30.4 Å². The van der Waals surface area contributed by atoms with E-state index in [1.807, 2.05) is 0 Å². The molecule has 0 amide bonds. The summed E-state index contributed by atoms with van der Waals surface area (Å²) >= 11 is 0. The van der Waals surface area contributed by atoms with Crippen molar-refractivity contribution in [3.8, 4) is 11.5 Å². The molecule has 1 aliphatic heterocycles. The van der Waals surface area contributed by atoms with Gasteiger partial charge >= 0.3 is 6.18 Å². The fraction of sp³-hybridized carbons (Fsp3) is 0.600. The van der Waals surface area contributed by atoms with Crippen LogP contribution in [-0.4, -0.2) is 26.8 Å². The van der Waals surface area contributed by atoms with Crippen LogP contribution in [0, 0.1) is 0 Å². The molecule has 118 valence electrons. The molecular weight excluding hydrogens is 283 g/mol. The van der Waals surface area contributed by atoms with Crippen molar-refractivity contribution < 1.29 is 22.6 Å². The average molecular weight is 303 g/mol. The Morgan fingerprint density at radius 2 is 1.95 bits per heavy atom. The van der Waals surface area contributed by atoms with Gasteiger partial charge in [-0.15, -0.1) is 0 Å². The van der Waals surface area contributed by atoms with Gasteiger partial charge in [0.15, 0.2) is 11.5 Å². The maximum absolute atomic E-state index is 13.2. The molecule has 1 heterocycles. The van der Waals surface area contributed by atoms with Crippen LogP contribution in [0.3, 0.4) is 0 Å². The fourth-order valence-corrected chi connectivity index (χ4v) is 2.80. The number of benzene rings is 1. The van der Waals surface area contributed by atoms with E-state index < -0.39 is 11.7 Å². The number of hydrogen-bond donors (Lipinski definition) is 1. The minimum absolute atomic E-state index is 0.0425. The Balaban J connectivity index is 2.42. The van der Waals surface area contributed by atoms with Gasteiger partial charge in [-0.1, -0.05) is 6.42 Å². The van der Waals surface area contributed by atoms with E-state index in [1.54, 1.807) is 0 Å². The standard InChI is InChI=1S/C15H20F3NO2/c1-20-13-7-6-12(15(16,17)18)11(14(13)21-2)9-10-5-3-4-8-19-10/h6-7,10,19H,3-5,8-9H2,1-2H3. The van der Waals surface area contributed by atoms with Crippen LogP contribution in [0.15, 0.2) is 12.1 Å². The molecule has 0 saturated carbocycles. The SMILES string of the molecule is COc1ccc(C(F)(F)F)c(CC2CCCCN2)c1OC. The summed E-state index contributed by atoms with van der Waals surface area (Å²) in [5.41, 5.74) is -0.476. The molecule has 0 spiro atoms. The lowest BCUT2D eigenvalue weighted by Crippen LogP contribution is -2.36. The lowest BCUT2D eigenvalue weighted by atomic mass is 9.93. The van der Waals surface area contributed by atoms with E-state index in [1.165, 1.54) is 20.3 Å². The van der Waals surface area contributed by atoms with Gasteiger partial charge in [0, 0.05) is 11.6 Å². The van der Waals surface area contributed by atoms with Crippen LogP contribution in [0.5, 0.6) is 11.5 Å². The number of nitrogens with one attached hydrogen (secondary N) is 1. The highest BCUT2D eigenvalue weighted by Gasteiger charge is 2.36. The Kier molecular flexibility index (Phi) is 4.98. The molecule has 0 aliphatic carbocycles. The van der Waals surface area contributed by atoms with Gasteiger partial charge in [0.25, 0.3) is 0 Å². The third kappa shape index (κ3) is 3.61. The highest BCUT2D eigenvalue weighted by Crippen LogP contribution is 2.41. The van der Waals surface area contributed by atoms with E-state index in [-0.39, 0.29) is 23.8 Å². The predicted molar refractivity (Wildman–Crippen MR) is 73.9 cm³/mol. The summed E-state index contributed by atoms with van der Waals surface area (Å²) in [6.45, 7) is 0.846. The topological polar surface area (TPSA) is 30.5 Å². The molecule has 1 aromatic rings. The predicted octanol–water partition coefficient (Wildman–Crippen LogP) is 3.41. The van der Waals surface area contributed by atoms with E-state index in [2.05, 4.69) is 5.32 Å². The molecule has 0 radical (unpaired) electrons. The first-order chi connectivity index (χ1) is 9.97. The van der Waals surface area contributed by atoms with Crippen LogP contribution in [0.4, 0.5) is 13.2 Å². The van der Waals surface area contributed by atoms with Crippen LogP contribution < -0.4 is 14.8 Å². The first-order valence-electron chi connectivity index (χ1n) is 7.01. The first-order valence-corrected chi connectivity index (χ1v) is 7.01. The van der Waals surface area contributed by atoms with Gasteiger partial charge in [-0.05, 0) is 37.9 Å². The molecule has 1 aliphatic rings. The molecule has 0 aromatic heterocycles. The molecule has 1 fully saturated rings. The molecule has 1 N–H and O–H groups in total. The molecule has 21 heavy (non-hydrogen) atoms. The largest absolute Gasteiger partial charge is 0.493 e. The maximum atomic E-state index is 13.2. The minimum atomic E-state index is -4.40. The highest BCUT2D eigenvalue weighted by atomic mass is 19.4. The monoisotopic (exact) mass is 303 g/mol. The van der Waals surface area contributed by atoms with Crippen molar-refractivity contribution in [3.63, 3.8) is 0 Å². The van der Waals surface area contributed by atoms with Crippen LogP contribution in [0.25, 0.3) is 0 Å². The normalized spacial score (nSPS) is 19.4. The van der Waals surface area contributed by atoms with E-state index >= 15 is 0 Å². The third-order valence-electron chi connectivity index (χ3n) is 3.82. The van der Waals surface area contributed by atoms with Gasteiger partial charge in [0.1, 0.15) is 0 Å². The van der Waals surface area contributed by atoms with Crippen LogP contribution in [0.2, 0.25) is 0 Å². The maximum Gasteiger partial charge on any atom is 0.416 e. The summed E-state index contributed by atoms with van der Waals surface area (Å²) in [5.74, 6) is 0.510. The van der Waals surface area contributed by atoms with Crippen molar-refractivity contribution in [1.82, 2.24) is 5.32 Å². The lowest BCUT2D eigenvalue weighted by molar-refractivity contribution is -0.138. The zero-order chi connectivity index (χ0) is 15.5. The highest BCUT2D eigenvalue weighted by molar-refractivity contribution is 5.52. The molecule has 1 saturated heterocycles. The van der Waals surface area contributed by atoms with Crippen molar-refractivity contribution in [2.45, 2.75) is 37.9 Å². The Bertz CT molecular complexity index is 483. The number of rotatable bonds is 4. The van der Waals surface area contributed by atoms with E-state index in [0.717, 1.165) is 31.9 Å². The number of methoxy groups -OCH3 is 2. The second kappa shape index (κ2) is 6.56. The Morgan fingerprint density at radius 3 is 2.48 bits per heavy atom. The van der Waals surface area contributed by atoms with Gasteiger partial charge in [-0.25, -0.2) is 0 Å². The summed E-state index contributed by atoms with van der Waals surface area (Å²) in [6.07, 6.45) is -1.14. The molecule has 0 bridgehead atoms. The molecule has 2 rings (SSSR count). The number of ether oxygens (including phenoxy) is 2. The van der Waals surface area contributed by atoms with Gasteiger partial charge in [0.2, 0.25) is 0 Å². The van der Waals surface area contributed by atoms with Gasteiger partial charge in [0.05, 0.1) is 19.8 Å². The molecule has 6 heteroatoms.